The van der Waals surface area contributed by atoms with E-state index in [0.29, 0.717) is 19.4 Å². The van der Waals surface area contributed by atoms with Crippen molar-refractivity contribution >= 4 is 11.9 Å². The molecule has 0 aliphatic rings. The maximum Gasteiger partial charge on any atom is 0.305 e. The van der Waals surface area contributed by atoms with Gasteiger partial charge in [0.25, 0.3) is 0 Å². The molecule has 0 aromatic rings. The van der Waals surface area contributed by atoms with Gasteiger partial charge in [0.05, 0.1) is 25.4 Å². The number of aliphatic hydroxyl groups excluding tert-OH is 2. The molecule has 75 heavy (non-hydrogen) atoms. The minimum atomic E-state index is -0.849. The number of nitrogens with one attached hydrogen (secondary N) is 1. The Morgan fingerprint density at radius 1 is 0.373 bits per heavy atom. The molecule has 442 valence electrons. The smallest absolute Gasteiger partial charge is 0.305 e. The molecule has 0 aliphatic heterocycles. The van der Waals surface area contributed by atoms with Gasteiger partial charge in [-0.15, -0.1) is 0 Å². The van der Waals surface area contributed by atoms with Gasteiger partial charge in [-0.2, -0.15) is 0 Å². The standard InChI is InChI=1S/C69H131NO5/c1-3-5-7-9-11-13-15-17-19-21-22-23-24-25-26-27-30-33-37-41-45-49-53-57-61-67(72)66(65-71)70-68(73)62-58-54-50-46-42-38-34-31-28-29-32-36-40-44-48-52-56-60-64-75-69(74)63-59-55-51-47-43-39-35-20-18-16-14-12-10-8-6-4-2/h14,16,20,35,57,61,66-67,71-72H,3-13,15,17-19,21-34,36-56,58-60,62-65H2,1-2H3,(H,70,73)/b16-14-,35-20-,61-57+. The molecule has 0 heterocycles. The Kier molecular flexibility index (Phi) is 63.0. The van der Waals surface area contributed by atoms with Gasteiger partial charge in [0.15, 0.2) is 0 Å². The number of rotatable bonds is 63. The van der Waals surface area contributed by atoms with E-state index >= 15 is 0 Å². The van der Waals surface area contributed by atoms with E-state index in [2.05, 4.69) is 43.5 Å². The van der Waals surface area contributed by atoms with E-state index in [1.165, 1.54) is 289 Å². The molecule has 0 aromatic carbocycles. The summed E-state index contributed by atoms with van der Waals surface area (Å²) in [6.45, 7) is 4.90. The molecular formula is C69H131NO5. The summed E-state index contributed by atoms with van der Waals surface area (Å²) in [5.74, 6) is -0.0751. The highest BCUT2D eigenvalue weighted by molar-refractivity contribution is 5.76. The van der Waals surface area contributed by atoms with Crippen LogP contribution in [-0.2, 0) is 14.3 Å². The number of allylic oxidation sites excluding steroid dienone is 5. The van der Waals surface area contributed by atoms with E-state index in [4.69, 9.17) is 4.74 Å². The molecule has 0 spiro atoms. The second-order valence-corrected chi connectivity index (χ2v) is 23.2. The summed E-state index contributed by atoms with van der Waals surface area (Å²) in [5.41, 5.74) is 0. The third kappa shape index (κ3) is 61.2. The van der Waals surface area contributed by atoms with Crippen molar-refractivity contribution in [2.45, 2.75) is 379 Å². The number of unbranched alkanes of at least 4 members (excludes halogenated alkanes) is 48. The fourth-order valence-electron chi connectivity index (χ4n) is 10.5. The molecule has 3 N–H and O–H groups in total. The SMILES string of the molecule is CCCCCC/C=C\C/C=C\CCCCCCCC(=O)OCCCCCCCCCCCCCCCCCCCCC(=O)NC(CO)C(O)/C=C/CCCCCCCCCCCCCCCCCCCCCCCC. The van der Waals surface area contributed by atoms with Gasteiger partial charge in [0, 0.05) is 12.8 Å². The molecule has 0 fully saturated rings. The third-order valence-corrected chi connectivity index (χ3v) is 15.7. The zero-order valence-electron chi connectivity index (χ0n) is 50.5. The van der Waals surface area contributed by atoms with Crippen LogP contribution in [0, 0.1) is 0 Å². The average Bonchev–Trinajstić information content (AvgIpc) is 3.41. The largest absolute Gasteiger partial charge is 0.466 e. The molecule has 0 rings (SSSR count). The number of esters is 1. The maximum absolute atomic E-state index is 12.5. The van der Waals surface area contributed by atoms with Crippen molar-refractivity contribution < 1.29 is 24.5 Å². The molecule has 0 bridgehead atoms. The van der Waals surface area contributed by atoms with Crippen LogP contribution in [0.1, 0.15) is 367 Å². The van der Waals surface area contributed by atoms with Gasteiger partial charge < -0.3 is 20.3 Å². The number of carbonyl (C=O) groups excluding carboxylic acids is 2. The van der Waals surface area contributed by atoms with E-state index < -0.39 is 12.1 Å². The highest BCUT2D eigenvalue weighted by Gasteiger charge is 2.18. The molecule has 0 radical (unpaired) electrons. The first-order chi connectivity index (χ1) is 37.0. The van der Waals surface area contributed by atoms with Gasteiger partial charge in [0.1, 0.15) is 0 Å². The van der Waals surface area contributed by atoms with Crippen LogP contribution >= 0.6 is 0 Å². The second-order valence-electron chi connectivity index (χ2n) is 23.2. The van der Waals surface area contributed by atoms with Crippen LogP contribution in [0.3, 0.4) is 0 Å². The molecule has 0 aromatic heterocycles. The molecule has 6 nitrogen and oxygen atoms in total. The Morgan fingerprint density at radius 3 is 1.03 bits per heavy atom. The second kappa shape index (κ2) is 64.6. The van der Waals surface area contributed by atoms with Gasteiger partial charge in [-0.25, -0.2) is 0 Å². The summed E-state index contributed by atoms with van der Waals surface area (Å²) in [6.07, 6.45) is 82.0. The monoisotopic (exact) mass is 1050 g/mol. The van der Waals surface area contributed by atoms with Gasteiger partial charge in [-0.05, 0) is 64.2 Å². The van der Waals surface area contributed by atoms with Crippen LogP contribution in [0.2, 0.25) is 0 Å². The van der Waals surface area contributed by atoms with Crippen molar-refractivity contribution in [3.8, 4) is 0 Å². The lowest BCUT2D eigenvalue weighted by Gasteiger charge is -2.20. The first-order valence-electron chi connectivity index (χ1n) is 33.8. The van der Waals surface area contributed by atoms with Crippen molar-refractivity contribution in [1.29, 1.82) is 0 Å². The van der Waals surface area contributed by atoms with E-state index in [1.807, 2.05) is 6.08 Å². The molecule has 1 amide bonds. The van der Waals surface area contributed by atoms with Gasteiger partial charge in [0.2, 0.25) is 5.91 Å². The van der Waals surface area contributed by atoms with Crippen LogP contribution in [0.4, 0.5) is 0 Å². The predicted molar refractivity (Wildman–Crippen MR) is 329 cm³/mol. The molecule has 0 saturated heterocycles. The Balaban J connectivity index is 3.44. The van der Waals surface area contributed by atoms with Crippen molar-refractivity contribution in [2.75, 3.05) is 13.2 Å². The quantitative estimate of drug-likeness (QED) is 0.0320. The van der Waals surface area contributed by atoms with Crippen molar-refractivity contribution in [3.05, 3.63) is 36.5 Å². The molecule has 6 heteroatoms. The van der Waals surface area contributed by atoms with Crippen LogP contribution in [0.15, 0.2) is 36.5 Å². The zero-order valence-corrected chi connectivity index (χ0v) is 50.5. The minimum Gasteiger partial charge on any atom is -0.466 e. The van der Waals surface area contributed by atoms with Crippen molar-refractivity contribution in [3.63, 3.8) is 0 Å². The fraction of sp³-hybridized carbons (Fsp3) is 0.884. The summed E-state index contributed by atoms with van der Waals surface area (Å²) in [5, 5.41) is 23.3. The Bertz CT molecular complexity index is 1210. The van der Waals surface area contributed by atoms with Crippen molar-refractivity contribution in [1.82, 2.24) is 5.32 Å². The maximum atomic E-state index is 12.5. The normalized spacial score (nSPS) is 12.7. The first kappa shape index (κ1) is 73.1. The molecular weight excluding hydrogens is 923 g/mol. The Labute approximate surface area is 468 Å². The molecule has 2 unspecified atom stereocenters. The number of carbonyl (C=O) groups is 2. The number of aliphatic hydroxyl groups is 2. The topological polar surface area (TPSA) is 95.9 Å². The molecule has 0 aliphatic carbocycles. The summed E-state index contributed by atoms with van der Waals surface area (Å²) in [7, 11) is 0. The van der Waals surface area contributed by atoms with Gasteiger partial charge in [-0.1, -0.05) is 326 Å². The molecule has 0 saturated carbocycles. The van der Waals surface area contributed by atoms with E-state index in [9.17, 15) is 19.8 Å². The highest BCUT2D eigenvalue weighted by atomic mass is 16.5. The third-order valence-electron chi connectivity index (χ3n) is 15.7. The number of hydrogen-bond donors (Lipinski definition) is 3. The van der Waals surface area contributed by atoms with E-state index in [-0.39, 0.29) is 18.5 Å². The van der Waals surface area contributed by atoms with Crippen molar-refractivity contribution in [2.24, 2.45) is 0 Å². The van der Waals surface area contributed by atoms with Crippen LogP contribution in [-0.4, -0.2) is 47.4 Å². The minimum absolute atomic E-state index is 0.00634. The van der Waals surface area contributed by atoms with E-state index in [1.54, 1.807) is 6.08 Å². The lowest BCUT2D eigenvalue weighted by Crippen LogP contribution is -2.45. The summed E-state index contributed by atoms with van der Waals surface area (Å²) >= 11 is 0. The van der Waals surface area contributed by atoms with Crippen LogP contribution in [0.5, 0.6) is 0 Å². The number of amides is 1. The lowest BCUT2D eigenvalue weighted by molar-refractivity contribution is -0.143. The average molecular weight is 1050 g/mol. The first-order valence-corrected chi connectivity index (χ1v) is 33.8. The Morgan fingerprint density at radius 2 is 0.667 bits per heavy atom. The lowest BCUT2D eigenvalue weighted by atomic mass is 10.0. The van der Waals surface area contributed by atoms with Gasteiger partial charge in [-0.3, -0.25) is 9.59 Å². The van der Waals surface area contributed by atoms with Crippen LogP contribution < -0.4 is 5.32 Å². The van der Waals surface area contributed by atoms with Gasteiger partial charge >= 0.3 is 5.97 Å². The van der Waals surface area contributed by atoms with Crippen LogP contribution in [0.25, 0.3) is 0 Å². The zero-order chi connectivity index (χ0) is 54.3. The summed E-state index contributed by atoms with van der Waals surface area (Å²) in [6, 6.07) is -0.633. The summed E-state index contributed by atoms with van der Waals surface area (Å²) in [4.78, 5) is 24.6. The highest BCUT2D eigenvalue weighted by Crippen LogP contribution is 2.18. The number of hydrogen-bond acceptors (Lipinski definition) is 5. The molecule has 2 atom stereocenters. The summed E-state index contributed by atoms with van der Waals surface area (Å²) < 4.78 is 5.48. The predicted octanol–water partition coefficient (Wildman–Crippen LogP) is 21.5. The number of ether oxygens (including phenoxy) is 1. The van der Waals surface area contributed by atoms with E-state index in [0.717, 1.165) is 51.4 Å². The Hall–Kier alpha value is -1.92. The fourth-order valence-corrected chi connectivity index (χ4v) is 10.5.